The first kappa shape index (κ1) is 18.3. The molecule has 3 rings (SSSR count). The summed E-state index contributed by atoms with van der Waals surface area (Å²) in [6.07, 6.45) is 5.78. The molecule has 6 heteroatoms. The molecule has 0 unspecified atom stereocenters. The number of hydrogen-bond acceptors (Lipinski definition) is 5. The van der Waals surface area contributed by atoms with Crippen molar-refractivity contribution in [3.05, 3.63) is 30.1 Å². The largest absolute Gasteiger partial charge is 0.384 e. The molecule has 25 heavy (non-hydrogen) atoms. The molecule has 2 fully saturated rings. The van der Waals surface area contributed by atoms with Gasteiger partial charge in [0, 0.05) is 51.7 Å². The van der Waals surface area contributed by atoms with Crippen LogP contribution in [0.15, 0.2) is 24.5 Å². The summed E-state index contributed by atoms with van der Waals surface area (Å²) in [5.74, 6) is 0.221. The lowest BCUT2D eigenvalue weighted by atomic mass is 9.71. The first-order valence-corrected chi connectivity index (χ1v) is 9.06. The lowest BCUT2D eigenvalue weighted by Crippen LogP contribution is -2.45. The average Bonchev–Trinajstić information content (AvgIpc) is 2.89. The van der Waals surface area contributed by atoms with Crippen LogP contribution >= 0.6 is 0 Å². The molecule has 0 aromatic carbocycles. The van der Waals surface area contributed by atoms with E-state index >= 15 is 0 Å². The smallest absolute Gasteiger partial charge is 0.228 e. The van der Waals surface area contributed by atoms with Gasteiger partial charge in [-0.1, -0.05) is 0 Å². The van der Waals surface area contributed by atoms with E-state index in [-0.39, 0.29) is 17.2 Å². The first-order chi connectivity index (χ1) is 12.2. The van der Waals surface area contributed by atoms with Gasteiger partial charge >= 0.3 is 0 Å². The standard InChI is InChI=1S/C19H29N3O3/c1-24-12-11-22-15-19(17(14-25-2)18(22)23)5-9-21(10-6-19)13-16-3-7-20-8-4-16/h3-4,7-8,17H,5-6,9-15H2,1-2H3/t17-/m1/s1. The molecule has 2 aliphatic rings. The number of nitrogens with zero attached hydrogens (tertiary/aromatic N) is 3. The van der Waals surface area contributed by atoms with Gasteiger partial charge in [0.05, 0.1) is 19.1 Å². The summed E-state index contributed by atoms with van der Waals surface area (Å²) in [6, 6.07) is 4.15. The van der Waals surface area contributed by atoms with Crippen molar-refractivity contribution in [1.82, 2.24) is 14.8 Å². The maximum Gasteiger partial charge on any atom is 0.228 e. The fourth-order valence-corrected chi connectivity index (χ4v) is 4.27. The maximum atomic E-state index is 12.8. The van der Waals surface area contributed by atoms with E-state index in [1.165, 1.54) is 5.56 Å². The van der Waals surface area contributed by atoms with Crippen LogP contribution in [0.5, 0.6) is 0 Å². The number of rotatable bonds is 7. The van der Waals surface area contributed by atoms with Crippen LogP contribution in [0.25, 0.3) is 0 Å². The summed E-state index contributed by atoms with van der Waals surface area (Å²) in [5.41, 5.74) is 1.35. The second-order valence-corrected chi connectivity index (χ2v) is 7.25. The molecular formula is C19H29N3O3. The minimum absolute atomic E-state index is 0.0163. The molecule has 0 bridgehead atoms. The highest BCUT2D eigenvalue weighted by atomic mass is 16.5. The number of ether oxygens (including phenoxy) is 2. The summed E-state index contributed by atoms with van der Waals surface area (Å²) >= 11 is 0. The summed E-state index contributed by atoms with van der Waals surface area (Å²) < 4.78 is 10.6. The Morgan fingerprint density at radius 1 is 1.20 bits per heavy atom. The zero-order valence-corrected chi connectivity index (χ0v) is 15.3. The van der Waals surface area contributed by atoms with E-state index in [1.807, 2.05) is 17.3 Å². The van der Waals surface area contributed by atoms with Crippen molar-refractivity contribution >= 4 is 5.91 Å². The molecule has 0 aliphatic carbocycles. The van der Waals surface area contributed by atoms with Crippen LogP contribution in [0.3, 0.4) is 0 Å². The second kappa shape index (κ2) is 8.25. The molecular weight excluding hydrogens is 318 g/mol. The van der Waals surface area contributed by atoms with Crippen molar-refractivity contribution in [2.45, 2.75) is 19.4 Å². The molecule has 3 heterocycles. The third-order valence-corrected chi connectivity index (χ3v) is 5.76. The van der Waals surface area contributed by atoms with E-state index in [0.717, 1.165) is 39.0 Å². The van der Waals surface area contributed by atoms with Crippen LogP contribution in [-0.4, -0.2) is 74.3 Å². The molecule has 1 spiro atoms. The highest BCUT2D eigenvalue weighted by Crippen LogP contribution is 2.45. The van der Waals surface area contributed by atoms with Gasteiger partial charge in [0.1, 0.15) is 0 Å². The third-order valence-electron chi connectivity index (χ3n) is 5.76. The van der Waals surface area contributed by atoms with Crippen molar-refractivity contribution < 1.29 is 14.3 Å². The van der Waals surface area contributed by atoms with Crippen LogP contribution < -0.4 is 0 Å². The number of hydrogen-bond donors (Lipinski definition) is 0. The Kier molecular flexibility index (Phi) is 6.04. The SMILES string of the molecule is COCCN1CC2(CCN(Cc3ccncc3)CC2)[C@H](COC)C1=O. The topological polar surface area (TPSA) is 54.9 Å². The molecule has 6 nitrogen and oxygen atoms in total. The normalized spacial score (nSPS) is 23.5. The predicted octanol–water partition coefficient (Wildman–Crippen LogP) is 1.41. The van der Waals surface area contributed by atoms with Crippen molar-refractivity contribution in [2.24, 2.45) is 11.3 Å². The summed E-state index contributed by atoms with van der Waals surface area (Å²) in [7, 11) is 3.37. The van der Waals surface area contributed by atoms with Crippen molar-refractivity contribution in [3.63, 3.8) is 0 Å². The van der Waals surface area contributed by atoms with Gasteiger partial charge in [-0.05, 0) is 43.6 Å². The Morgan fingerprint density at radius 3 is 2.56 bits per heavy atom. The van der Waals surface area contributed by atoms with Crippen molar-refractivity contribution in [2.75, 3.05) is 53.6 Å². The Balaban J connectivity index is 1.63. The summed E-state index contributed by atoms with van der Waals surface area (Å²) in [4.78, 5) is 21.4. The van der Waals surface area contributed by atoms with Gasteiger partial charge in [-0.2, -0.15) is 0 Å². The lowest BCUT2D eigenvalue weighted by molar-refractivity contribution is -0.134. The van der Waals surface area contributed by atoms with Gasteiger partial charge in [-0.3, -0.25) is 14.7 Å². The number of aromatic nitrogens is 1. The average molecular weight is 347 g/mol. The van der Waals surface area contributed by atoms with Crippen LogP contribution in [0.2, 0.25) is 0 Å². The molecule has 1 aromatic rings. The molecule has 2 aliphatic heterocycles. The predicted molar refractivity (Wildman–Crippen MR) is 95.0 cm³/mol. The molecule has 0 N–H and O–H groups in total. The van der Waals surface area contributed by atoms with Crippen molar-refractivity contribution in [1.29, 1.82) is 0 Å². The summed E-state index contributed by atoms with van der Waals surface area (Å²) in [5, 5.41) is 0. The molecule has 1 atom stereocenters. The number of carbonyl (C=O) groups is 1. The Morgan fingerprint density at radius 2 is 1.92 bits per heavy atom. The molecule has 1 aromatic heterocycles. The quantitative estimate of drug-likeness (QED) is 0.747. The molecule has 0 saturated carbocycles. The zero-order chi connectivity index (χ0) is 17.7. The van der Waals surface area contributed by atoms with Crippen LogP contribution in [0, 0.1) is 11.3 Å². The van der Waals surface area contributed by atoms with Crippen LogP contribution in [0.1, 0.15) is 18.4 Å². The minimum Gasteiger partial charge on any atom is -0.384 e. The van der Waals surface area contributed by atoms with E-state index in [4.69, 9.17) is 9.47 Å². The maximum absolute atomic E-state index is 12.8. The van der Waals surface area contributed by atoms with Gasteiger partial charge in [0.15, 0.2) is 0 Å². The fourth-order valence-electron chi connectivity index (χ4n) is 4.27. The van der Waals surface area contributed by atoms with Gasteiger partial charge in [0.25, 0.3) is 0 Å². The highest BCUT2D eigenvalue weighted by Gasteiger charge is 2.52. The van der Waals surface area contributed by atoms with E-state index in [0.29, 0.717) is 19.8 Å². The van der Waals surface area contributed by atoms with Gasteiger partial charge < -0.3 is 14.4 Å². The molecule has 0 radical (unpaired) electrons. The van der Waals surface area contributed by atoms with Gasteiger partial charge in [0.2, 0.25) is 5.91 Å². The lowest BCUT2D eigenvalue weighted by Gasteiger charge is -2.41. The number of pyridine rings is 1. The number of piperidine rings is 1. The van der Waals surface area contributed by atoms with E-state index in [9.17, 15) is 4.79 Å². The molecule has 2 saturated heterocycles. The molecule has 138 valence electrons. The van der Waals surface area contributed by atoms with E-state index in [2.05, 4.69) is 22.0 Å². The Labute approximate surface area is 150 Å². The van der Waals surface area contributed by atoms with Crippen molar-refractivity contribution in [3.8, 4) is 0 Å². The van der Waals surface area contributed by atoms with Gasteiger partial charge in [-0.15, -0.1) is 0 Å². The summed E-state index contributed by atoms with van der Waals surface area (Å²) in [6.45, 7) is 5.63. The minimum atomic E-state index is -0.0163. The molecule has 1 amide bonds. The van der Waals surface area contributed by atoms with Crippen LogP contribution in [0.4, 0.5) is 0 Å². The highest BCUT2D eigenvalue weighted by molar-refractivity contribution is 5.82. The monoisotopic (exact) mass is 347 g/mol. The van der Waals surface area contributed by atoms with Crippen LogP contribution in [-0.2, 0) is 20.8 Å². The fraction of sp³-hybridized carbons (Fsp3) is 0.684. The number of amides is 1. The number of carbonyl (C=O) groups excluding carboxylic acids is 1. The number of methoxy groups -OCH3 is 2. The Bertz CT molecular complexity index is 558. The first-order valence-electron chi connectivity index (χ1n) is 9.06. The zero-order valence-electron chi connectivity index (χ0n) is 15.3. The van der Waals surface area contributed by atoms with Gasteiger partial charge in [-0.25, -0.2) is 0 Å². The number of likely N-dealkylation sites (tertiary alicyclic amines) is 2. The third kappa shape index (κ3) is 4.02. The Hall–Kier alpha value is -1.50. The van der Waals surface area contributed by atoms with E-state index < -0.39 is 0 Å². The second-order valence-electron chi connectivity index (χ2n) is 7.25. The van der Waals surface area contributed by atoms with E-state index in [1.54, 1.807) is 14.2 Å².